The van der Waals surface area contributed by atoms with Gasteiger partial charge in [0.05, 0.1) is 0 Å². The number of aromatic hydroxyl groups is 2. The van der Waals surface area contributed by atoms with Crippen LogP contribution in [-0.2, 0) is 10.8 Å². The third-order valence-electron chi connectivity index (χ3n) is 5.44. The Kier molecular flexibility index (Phi) is 4.53. The van der Waals surface area contributed by atoms with Gasteiger partial charge in [0.15, 0.2) is 0 Å². The summed E-state index contributed by atoms with van der Waals surface area (Å²) in [5, 5.41) is 19.7. The Bertz CT molecular complexity index is 850. The topological polar surface area (TPSA) is 40.5 Å². The molecule has 2 N–H and O–H groups in total. The van der Waals surface area contributed by atoms with E-state index in [1.54, 1.807) is 12.1 Å². The third kappa shape index (κ3) is 3.32. The van der Waals surface area contributed by atoms with Crippen LogP contribution < -0.4 is 0 Å². The van der Waals surface area contributed by atoms with Gasteiger partial charge in [-0.25, -0.2) is 0 Å². The molecule has 2 nitrogen and oxygen atoms in total. The van der Waals surface area contributed by atoms with Crippen molar-refractivity contribution in [3.8, 4) is 11.5 Å². The summed E-state index contributed by atoms with van der Waals surface area (Å²) < 4.78 is 0. The fraction of sp³-hybridized carbons (Fsp3) is 0.250. The standard InChI is InChI=1S/C24H26O2/c1-23(2,19-10-6-12-21(25)15-19)17-8-5-9-18(14-17)24(3,4)20-11-7-13-22(26)16-20/h5-16,25-26H,1-4H3. The molecule has 0 aliphatic carbocycles. The molecule has 26 heavy (non-hydrogen) atoms. The molecule has 0 fully saturated rings. The number of benzene rings is 3. The molecule has 0 bridgehead atoms. The van der Waals surface area contributed by atoms with E-state index < -0.39 is 0 Å². The molecular formula is C24H26O2. The van der Waals surface area contributed by atoms with Crippen LogP contribution in [0.1, 0.15) is 49.9 Å². The van der Waals surface area contributed by atoms with E-state index in [1.807, 2.05) is 36.4 Å². The van der Waals surface area contributed by atoms with Crippen LogP contribution in [0.2, 0.25) is 0 Å². The van der Waals surface area contributed by atoms with E-state index in [2.05, 4.69) is 52.0 Å². The Labute approximate surface area is 155 Å². The minimum atomic E-state index is -0.232. The van der Waals surface area contributed by atoms with Crippen LogP contribution in [0.4, 0.5) is 0 Å². The first-order chi connectivity index (χ1) is 12.2. The molecule has 0 saturated carbocycles. The molecule has 2 heteroatoms. The number of phenols is 2. The maximum absolute atomic E-state index is 9.86. The highest BCUT2D eigenvalue weighted by Gasteiger charge is 2.28. The molecule has 3 rings (SSSR count). The molecule has 0 spiro atoms. The van der Waals surface area contributed by atoms with Crippen LogP contribution >= 0.6 is 0 Å². The van der Waals surface area contributed by atoms with Crippen molar-refractivity contribution in [2.75, 3.05) is 0 Å². The van der Waals surface area contributed by atoms with Gasteiger partial charge in [-0.2, -0.15) is 0 Å². The van der Waals surface area contributed by atoms with E-state index >= 15 is 0 Å². The minimum absolute atomic E-state index is 0.232. The summed E-state index contributed by atoms with van der Waals surface area (Å²) >= 11 is 0. The van der Waals surface area contributed by atoms with Crippen molar-refractivity contribution in [2.45, 2.75) is 38.5 Å². The normalized spacial score (nSPS) is 12.2. The van der Waals surface area contributed by atoms with Crippen molar-refractivity contribution in [2.24, 2.45) is 0 Å². The molecule has 0 heterocycles. The Hall–Kier alpha value is -2.74. The summed E-state index contributed by atoms with van der Waals surface area (Å²) in [6.07, 6.45) is 0. The summed E-state index contributed by atoms with van der Waals surface area (Å²) in [7, 11) is 0. The predicted octanol–water partition coefficient (Wildman–Crippen LogP) is 5.75. The summed E-state index contributed by atoms with van der Waals surface area (Å²) in [6, 6.07) is 23.5. The van der Waals surface area contributed by atoms with Gasteiger partial charge in [-0.1, -0.05) is 76.2 Å². The van der Waals surface area contributed by atoms with Gasteiger partial charge in [-0.15, -0.1) is 0 Å². The maximum atomic E-state index is 9.86. The predicted molar refractivity (Wildman–Crippen MR) is 107 cm³/mol. The van der Waals surface area contributed by atoms with E-state index in [-0.39, 0.29) is 22.3 Å². The number of hydrogen-bond acceptors (Lipinski definition) is 2. The zero-order chi connectivity index (χ0) is 18.9. The Morgan fingerprint density at radius 2 is 0.808 bits per heavy atom. The third-order valence-corrected chi connectivity index (χ3v) is 5.44. The molecule has 0 radical (unpaired) electrons. The van der Waals surface area contributed by atoms with Crippen molar-refractivity contribution in [3.63, 3.8) is 0 Å². The zero-order valence-electron chi connectivity index (χ0n) is 15.8. The summed E-state index contributed by atoms with van der Waals surface area (Å²) in [5.74, 6) is 0.568. The molecule has 3 aromatic rings. The molecule has 0 saturated heterocycles. The molecule has 0 aliphatic heterocycles. The van der Waals surface area contributed by atoms with E-state index in [9.17, 15) is 10.2 Å². The maximum Gasteiger partial charge on any atom is 0.115 e. The smallest absolute Gasteiger partial charge is 0.115 e. The molecule has 134 valence electrons. The van der Waals surface area contributed by atoms with E-state index in [4.69, 9.17) is 0 Å². The fourth-order valence-corrected chi connectivity index (χ4v) is 3.42. The lowest BCUT2D eigenvalue weighted by atomic mass is 9.73. The van der Waals surface area contributed by atoms with Gasteiger partial charge in [-0.3, -0.25) is 0 Å². The van der Waals surface area contributed by atoms with Crippen LogP contribution in [0.5, 0.6) is 11.5 Å². The molecule has 3 aromatic carbocycles. The van der Waals surface area contributed by atoms with Gasteiger partial charge in [-0.05, 0) is 46.5 Å². The second kappa shape index (κ2) is 6.53. The highest BCUT2D eigenvalue weighted by atomic mass is 16.3. The second-order valence-electron chi connectivity index (χ2n) is 7.93. The van der Waals surface area contributed by atoms with Crippen LogP contribution in [0, 0.1) is 0 Å². The van der Waals surface area contributed by atoms with Gasteiger partial charge >= 0.3 is 0 Å². The Morgan fingerprint density at radius 1 is 0.500 bits per heavy atom. The number of phenolic OH excluding ortho intramolecular Hbond substituents is 2. The van der Waals surface area contributed by atoms with E-state index in [0.29, 0.717) is 0 Å². The van der Waals surface area contributed by atoms with Crippen molar-refractivity contribution in [1.82, 2.24) is 0 Å². The first kappa shape index (κ1) is 18.1. The largest absolute Gasteiger partial charge is 0.508 e. The van der Waals surface area contributed by atoms with Gasteiger partial charge in [0, 0.05) is 10.8 Å². The number of rotatable bonds is 4. The SMILES string of the molecule is CC(C)(c1cccc(O)c1)c1cccc(C(C)(C)c2cccc(O)c2)c1. The molecule has 0 amide bonds. The van der Waals surface area contributed by atoms with Crippen molar-refractivity contribution < 1.29 is 10.2 Å². The second-order valence-corrected chi connectivity index (χ2v) is 7.93. The van der Waals surface area contributed by atoms with Gasteiger partial charge in [0.2, 0.25) is 0 Å². The summed E-state index contributed by atoms with van der Waals surface area (Å²) in [5.41, 5.74) is 4.06. The van der Waals surface area contributed by atoms with E-state index in [1.165, 1.54) is 11.1 Å². The Morgan fingerprint density at radius 3 is 1.15 bits per heavy atom. The average Bonchev–Trinajstić information content (AvgIpc) is 2.62. The quantitative estimate of drug-likeness (QED) is 0.631. The van der Waals surface area contributed by atoms with Crippen LogP contribution in [-0.4, -0.2) is 10.2 Å². The fourth-order valence-electron chi connectivity index (χ4n) is 3.42. The summed E-state index contributed by atoms with van der Waals surface area (Å²) in [4.78, 5) is 0. The molecule has 0 unspecified atom stereocenters. The van der Waals surface area contributed by atoms with Gasteiger partial charge in [0.25, 0.3) is 0 Å². The highest BCUT2D eigenvalue weighted by Crippen LogP contribution is 2.38. The van der Waals surface area contributed by atoms with Crippen molar-refractivity contribution >= 4 is 0 Å². The molecule has 0 aromatic heterocycles. The van der Waals surface area contributed by atoms with Gasteiger partial charge < -0.3 is 10.2 Å². The zero-order valence-corrected chi connectivity index (χ0v) is 15.8. The first-order valence-corrected chi connectivity index (χ1v) is 8.91. The summed E-state index contributed by atoms with van der Waals surface area (Å²) in [6.45, 7) is 8.68. The van der Waals surface area contributed by atoms with Crippen molar-refractivity contribution in [3.05, 3.63) is 95.1 Å². The highest BCUT2D eigenvalue weighted by molar-refractivity contribution is 5.46. The van der Waals surface area contributed by atoms with E-state index in [0.717, 1.165) is 11.1 Å². The Balaban J connectivity index is 2.05. The molecule has 0 atom stereocenters. The lowest BCUT2D eigenvalue weighted by molar-refractivity contribution is 0.472. The number of hydrogen-bond donors (Lipinski definition) is 2. The monoisotopic (exact) mass is 346 g/mol. The van der Waals surface area contributed by atoms with Crippen LogP contribution in [0.15, 0.2) is 72.8 Å². The molecular weight excluding hydrogens is 320 g/mol. The van der Waals surface area contributed by atoms with Crippen molar-refractivity contribution in [1.29, 1.82) is 0 Å². The van der Waals surface area contributed by atoms with Gasteiger partial charge in [0.1, 0.15) is 11.5 Å². The first-order valence-electron chi connectivity index (χ1n) is 8.91. The average molecular weight is 346 g/mol. The van der Waals surface area contributed by atoms with Crippen LogP contribution in [0.25, 0.3) is 0 Å². The lowest BCUT2D eigenvalue weighted by Crippen LogP contribution is -2.22. The lowest BCUT2D eigenvalue weighted by Gasteiger charge is -2.31. The molecule has 0 aliphatic rings. The minimum Gasteiger partial charge on any atom is -0.508 e. The van der Waals surface area contributed by atoms with Crippen LogP contribution in [0.3, 0.4) is 0 Å².